The summed E-state index contributed by atoms with van der Waals surface area (Å²) in [5.74, 6) is 0.767. The summed E-state index contributed by atoms with van der Waals surface area (Å²) < 4.78 is 45.1. The number of rotatable bonds is 5. The van der Waals surface area contributed by atoms with Crippen molar-refractivity contribution in [3.8, 4) is 5.75 Å². The van der Waals surface area contributed by atoms with Gasteiger partial charge >= 0.3 is 6.18 Å². The number of ketones is 1. The van der Waals surface area contributed by atoms with Gasteiger partial charge in [-0.05, 0) is 66.3 Å². The fraction of sp³-hybridized carbons (Fsp3) is 0.276. The van der Waals surface area contributed by atoms with Crippen molar-refractivity contribution in [3.63, 3.8) is 0 Å². The highest BCUT2D eigenvalue weighted by atomic mass is 19.4. The second-order valence-electron chi connectivity index (χ2n) is 9.21. The lowest BCUT2D eigenvalue weighted by molar-refractivity contribution is -0.137. The average molecular weight is 493 g/mol. The molecule has 2 unspecified atom stereocenters. The Morgan fingerprint density at radius 3 is 2.22 bits per heavy atom. The molecule has 7 heteroatoms. The van der Waals surface area contributed by atoms with E-state index < -0.39 is 17.8 Å². The third-order valence-electron chi connectivity index (χ3n) is 6.70. The first-order chi connectivity index (χ1) is 17.3. The molecule has 0 saturated carbocycles. The third-order valence-corrected chi connectivity index (χ3v) is 6.70. The Labute approximate surface area is 208 Å². The van der Waals surface area contributed by atoms with Gasteiger partial charge in [0.2, 0.25) is 0 Å². The number of halogens is 3. The largest absolute Gasteiger partial charge is 0.494 e. The number of carbonyl (C=O) groups excluding carboxylic acids is 1. The molecule has 1 aliphatic heterocycles. The van der Waals surface area contributed by atoms with Gasteiger partial charge in [-0.25, -0.2) is 0 Å². The lowest BCUT2D eigenvalue weighted by atomic mass is 9.78. The molecule has 0 radical (unpaired) electrons. The topological polar surface area (TPSA) is 50.4 Å². The molecule has 0 spiro atoms. The van der Waals surface area contributed by atoms with Crippen molar-refractivity contribution in [1.29, 1.82) is 0 Å². The van der Waals surface area contributed by atoms with E-state index in [4.69, 9.17) is 4.74 Å². The molecule has 0 fully saturated rings. The standard InChI is InChI=1S/C29H27F3N2O2/c1-2-15-36-22-13-9-18(10-14-22)20-16-25-27(26(35)17-20)28(34-24-6-4-3-5-23(24)33-25)19-7-11-21(12-8-19)29(30,31)32/h3-14,20,28,33-34H,2,15-17H2,1H3. The summed E-state index contributed by atoms with van der Waals surface area (Å²) in [5.41, 5.74) is 3.94. The summed E-state index contributed by atoms with van der Waals surface area (Å²) in [5, 5.41) is 6.86. The summed E-state index contributed by atoms with van der Waals surface area (Å²) in [4.78, 5) is 13.6. The van der Waals surface area contributed by atoms with Crippen LogP contribution in [0.4, 0.5) is 24.5 Å². The van der Waals surface area contributed by atoms with Crippen LogP contribution in [0.25, 0.3) is 0 Å². The first kappa shape index (κ1) is 24.0. The Morgan fingerprint density at radius 1 is 0.889 bits per heavy atom. The van der Waals surface area contributed by atoms with Crippen LogP contribution in [0.1, 0.15) is 54.8 Å². The Hall–Kier alpha value is -3.74. The molecular weight excluding hydrogens is 465 g/mol. The molecule has 3 aromatic rings. The summed E-state index contributed by atoms with van der Waals surface area (Å²) in [6, 6.07) is 20.0. The van der Waals surface area contributed by atoms with Gasteiger partial charge < -0.3 is 15.4 Å². The number of fused-ring (bicyclic) bond motifs is 1. The van der Waals surface area contributed by atoms with Crippen LogP contribution in [0, 0.1) is 0 Å². The van der Waals surface area contributed by atoms with Crippen molar-refractivity contribution < 1.29 is 22.7 Å². The fourth-order valence-electron chi connectivity index (χ4n) is 4.90. The van der Waals surface area contributed by atoms with Gasteiger partial charge in [-0.1, -0.05) is 43.3 Å². The van der Waals surface area contributed by atoms with Crippen LogP contribution in [-0.4, -0.2) is 12.4 Å². The number of carbonyl (C=O) groups is 1. The quantitative estimate of drug-likeness (QED) is 0.388. The minimum Gasteiger partial charge on any atom is -0.494 e. The van der Waals surface area contributed by atoms with Gasteiger partial charge in [0, 0.05) is 17.7 Å². The monoisotopic (exact) mass is 492 g/mol. The number of alkyl halides is 3. The summed E-state index contributed by atoms with van der Waals surface area (Å²) >= 11 is 0. The maximum atomic E-state index is 13.6. The van der Waals surface area contributed by atoms with Gasteiger partial charge in [0.05, 0.1) is 29.6 Å². The van der Waals surface area contributed by atoms with E-state index in [0.29, 0.717) is 30.6 Å². The zero-order valence-electron chi connectivity index (χ0n) is 19.9. The van der Waals surface area contributed by atoms with Crippen LogP contribution >= 0.6 is 0 Å². The fourth-order valence-corrected chi connectivity index (χ4v) is 4.90. The highest BCUT2D eigenvalue weighted by molar-refractivity contribution is 6.01. The molecule has 3 aromatic carbocycles. The van der Waals surface area contributed by atoms with E-state index >= 15 is 0 Å². The zero-order valence-corrected chi connectivity index (χ0v) is 19.9. The Morgan fingerprint density at radius 2 is 1.56 bits per heavy atom. The number of nitrogens with one attached hydrogen (secondary N) is 2. The Kier molecular flexibility index (Phi) is 6.48. The van der Waals surface area contributed by atoms with E-state index in [0.717, 1.165) is 46.9 Å². The van der Waals surface area contributed by atoms with Gasteiger partial charge in [-0.2, -0.15) is 13.2 Å². The van der Waals surface area contributed by atoms with Crippen LogP contribution < -0.4 is 15.4 Å². The number of hydrogen-bond donors (Lipinski definition) is 2. The van der Waals surface area contributed by atoms with Gasteiger partial charge in [0.15, 0.2) is 5.78 Å². The summed E-state index contributed by atoms with van der Waals surface area (Å²) in [7, 11) is 0. The summed E-state index contributed by atoms with van der Waals surface area (Å²) in [6.07, 6.45) is -2.55. The van der Waals surface area contributed by atoms with E-state index in [1.165, 1.54) is 12.1 Å². The molecule has 0 bridgehead atoms. The van der Waals surface area contributed by atoms with Crippen LogP contribution in [-0.2, 0) is 11.0 Å². The SMILES string of the molecule is CCCOc1ccc(C2CC(=O)C3=C(C2)Nc2ccccc2NC3c2ccc(C(F)(F)F)cc2)cc1. The highest BCUT2D eigenvalue weighted by Gasteiger charge is 2.37. The van der Waals surface area contributed by atoms with Crippen molar-refractivity contribution in [1.82, 2.24) is 0 Å². The smallest absolute Gasteiger partial charge is 0.416 e. The van der Waals surface area contributed by atoms with Gasteiger partial charge in [0.25, 0.3) is 0 Å². The van der Waals surface area contributed by atoms with Crippen LogP contribution in [0.2, 0.25) is 0 Å². The van der Waals surface area contributed by atoms with E-state index in [1.54, 1.807) is 0 Å². The highest BCUT2D eigenvalue weighted by Crippen LogP contribution is 2.44. The number of Topliss-reactive ketones (excluding diaryl/α,β-unsaturated/α-hetero) is 1. The van der Waals surface area contributed by atoms with Crippen molar-refractivity contribution in [2.75, 3.05) is 17.2 Å². The first-order valence-corrected chi connectivity index (χ1v) is 12.1. The maximum Gasteiger partial charge on any atom is 0.416 e. The average Bonchev–Trinajstić information content (AvgIpc) is 3.04. The van der Waals surface area contributed by atoms with Crippen LogP contribution in [0.5, 0.6) is 5.75 Å². The molecule has 4 nitrogen and oxygen atoms in total. The Bertz CT molecular complexity index is 1280. The molecule has 2 aliphatic rings. The Balaban J connectivity index is 1.50. The minimum atomic E-state index is -4.42. The first-order valence-electron chi connectivity index (χ1n) is 12.1. The van der Waals surface area contributed by atoms with Crippen LogP contribution in [0.3, 0.4) is 0 Å². The van der Waals surface area contributed by atoms with Gasteiger partial charge in [-0.3, -0.25) is 4.79 Å². The minimum absolute atomic E-state index is 0.0116. The van der Waals surface area contributed by atoms with Gasteiger partial charge in [-0.15, -0.1) is 0 Å². The lowest BCUT2D eigenvalue weighted by Crippen LogP contribution is -2.27. The van der Waals surface area contributed by atoms with E-state index in [-0.39, 0.29) is 11.7 Å². The number of para-hydroxylation sites is 2. The molecule has 36 heavy (non-hydrogen) atoms. The van der Waals surface area contributed by atoms with Crippen molar-refractivity contribution >= 4 is 17.2 Å². The lowest BCUT2D eigenvalue weighted by Gasteiger charge is -2.30. The maximum absolute atomic E-state index is 13.6. The number of allylic oxidation sites excluding steroid dienone is 1. The molecule has 186 valence electrons. The predicted molar refractivity (Wildman–Crippen MR) is 134 cm³/mol. The van der Waals surface area contributed by atoms with Crippen LogP contribution in [0.15, 0.2) is 84.1 Å². The number of ether oxygens (including phenoxy) is 1. The molecule has 0 amide bonds. The second kappa shape index (κ2) is 9.72. The zero-order chi connectivity index (χ0) is 25.3. The van der Waals surface area contributed by atoms with E-state index in [1.807, 2.05) is 48.5 Å². The molecule has 0 saturated heterocycles. The number of benzene rings is 3. The van der Waals surface area contributed by atoms with Gasteiger partial charge in [0.1, 0.15) is 5.75 Å². The molecule has 2 atom stereocenters. The van der Waals surface area contributed by atoms with Crippen molar-refractivity contribution in [2.24, 2.45) is 0 Å². The van der Waals surface area contributed by atoms with E-state index in [9.17, 15) is 18.0 Å². The molecule has 2 N–H and O–H groups in total. The normalized spacial score (nSPS) is 19.5. The molecule has 0 aromatic heterocycles. The van der Waals surface area contributed by atoms with E-state index in [2.05, 4.69) is 17.6 Å². The predicted octanol–water partition coefficient (Wildman–Crippen LogP) is 7.47. The molecule has 1 aliphatic carbocycles. The second-order valence-corrected chi connectivity index (χ2v) is 9.21. The number of anilines is 2. The van der Waals surface area contributed by atoms with Crippen molar-refractivity contribution in [2.45, 2.75) is 44.3 Å². The third kappa shape index (κ3) is 4.83. The summed E-state index contributed by atoms with van der Waals surface area (Å²) in [6.45, 7) is 2.71. The van der Waals surface area contributed by atoms with Crippen molar-refractivity contribution in [3.05, 3.63) is 101 Å². The number of hydrogen-bond acceptors (Lipinski definition) is 4. The molecule has 5 rings (SSSR count). The molecular formula is C29H27F3N2O2. The molecule has 1 heterocycles.